The lowest BCUT2D eigenvalue weighted by Gasteiger charge is -2.62. The summed E-state index contributed by atoms with van der Waals surface area (Å²) in [6, 6.07) is 0. The fourth-order valence-corrected chi connectivity index (χ4v) is 52.9. The Hall–Kier alpha value is 0.868. The van der Waals surface area contributed by atoms with Crippen LogP contribution in [-0.4, -0.2) is 32.8 Å². The third kappa shape index (κ3) is 11.4. The number of rotatable bonds is 13. The Labute approximate surface area is 266 Å². The van der Waals surface area contributed by atoms with Gasteiger partial charge in [-0.15, -0.1) is 0 Å². The van der Waals surface area contributed by atoms with Gasteiger partial charge in [-0.1, -0.05) is 233 Å². The lowest BCUT2D eigenvalue weighted by Crippen LogP contribution is -2.72. The molecule has 0 saturated heterocycles. The highest BCUT2D eigenvalue weighted by molar-refractivity contribution is 7.45. The summed E-state index contributed by atoms with van der Waals surface area (Å²) in [5, 5.41) is 0. The van der Waals surface area contributed by atoms with Crippen molar-refractivity contribution >= 4 is 32.8 Å². The summed E-state index contributed by atoms with van der Waals surface area (Å²) < 4.78 is 0. The van der Waals surface area contributed by atoms with Gasteiger partial charge in [0.2, 0.25) is 0 Å². The highest BCUT2D eigenvalue weighted by Crippen LogP contribution is 2.59. The quantitative estimate of drug-likeness (QED) is 0.177. The van der Waals surface area contributed by atoms with Crippen LogP contribution < -0.4 is 0 Å². The maximum absolute atomic E-state index is 2.56. The maximum atomic E-state index is 2.56. The van der Waals surface area contributed by atoms with Crippen molar-refractivity contribution in [2.75, 3.05) is 0 Å². The van der Waals surface area contributed by atoms with Crippen LogP contribution in [0, 0.1) is 0 Å². The van der Waals surface area contributed by atoms with Crippen LogP contribution in [0.25, 0.3) is 0 Å². The molecule has 0 aromatic heterocycles. The highest BCUT2D eigenvalue weighted by Gasteiger charge is 2.63. The monoisotopic (exact) mass is 633 g/mol. The molecule has 0 aromatic rings. The largest absolute Gasteiger partial charge is 0.0654 e. The molecule has 0 amide bonds. The van der Waals surface area contributed by atoms with Crippen molar-refractivity contribution in [1.82, 2.24) is 0 Å². The third-order valence-corrected chi connectivity index (χ3v) is 48.2. The molecule has 0 rings (SSSR count). The Bertz CT molecular complexity index is 483. The fraction of sp³-hybridized carbons (Fsp3) is 1.00. The maximum Gasteiger partial charge on any atom is 0.0561 e. The third-order valence-electron chi connectivity index (χ3n) is 11.1. The molecule has 0 spiro atoms. The van der Waals surface area contributed by atoms with Crippen molar-refractivity contribution in [3.63, 3.8) is 0 Å². The average molecular weight is 633 g/mol. The smallest absolute Gasteiger partial charge is 0.0561 e. The van der Waals surface area contributed by atoms with Crippen molar-refractivity contribution in [2.24, 2.45) is 0 Å². The van der Waals surface area contributed by atoms with Gasteiger partial charge in [0.15, 0.2) is 0 Å². The first-order valence-corrected chi connectivity index (χ1v) is 27.3. The molecule has 0 atom stereocenters. The van der Waals surface area contributed by atoms with E-state index in [4.69, 9.17) is 0 Å². The van der Waals surface area contributed by atoms with Gasteiger partial charge in [-0.05, 0) is 0 Å². The van der Waals surface area contributed by atoms with Crippen LogP contribution in [0.4, 0.5) is 0 Å². The van der Waals surface area contributed by atoms with Gasteiger partial charge in [-0.2, -0.15) is 0 Å². The van der Waals surface area contributed by atoms with E-state index in [1.165, 1.54) is 0 Å². The minimum atomic E-state index is -1.36. The van der Waals surface area contributed by atoms with Gasteiger partial charge < -0.3 is 0 Å². The van der Waals surface area contributed by atoms with Gasteiger partial charge in [0.05, 0.1) is 15.2 Å². The summed E-state index contributed by atoms with van der Waals surface area (Å²) in [7, 11) is -3.62. The van der Waals surface area contributed by atoms with Gasteiger partial charge >= 0.3 is 0 Å². The molecule has 248 valence electrons. The standard InChI is InChI=1S/C18H42Si2.2C9H22Si.H2/c1-13(2)19(14(3)4,15(5)6)20(16(7)8,17(9)10)18(11)12;2*1-7(2)10(8(3)4)9(5)6;/h13-18H,1-12H3;2*7-10H,1-6H3;1H. The summed E-state index contributed by atoms with van der Waals surface area (Å²) >= 11 is 0. The molecule has 0 unspecified atom stereocenters. The van der Waals surface area contributed by atoms with Crippen LogP contribution in [0.1, 0.15) is 168 Å². The molecule has 0 N–H and O–H groups in total. The first kappa shape index (κ1) is 45.3. The molecule has 0 bridgehead atoms. The van der Waals surface area contributed by atoms with Crippen LogP contribution in [0.3, 0.4) is 0 Å². The molecular weight excluding hydrogens is 545 g/mol. The molecule has 0 aromatic carbocycles. The van der Waals surface area contributed by atoms with Crippen LogP contribution in [0.5, 0.6) is 0 Å². The zero-order valence-electron chi connectivity index (χ0n) is 33.1. The fourth-order valence-electron chi connectivity index (χ4n) is 11.6. The number of hydrogen-bond donors (Lipinski definition) is 0. The Morgan fingerprint density at radius 3 is 0.375 bits per heavy atom. The Kier molecular flexibility index (Phi) is 22.7. The second kappa shape index (κ2) is 20.0. The van der Waals surface area contributed by atoms with Gasteiger partial charge in [-0.25, -0.2) is 0 Å². The van der Waals surface area contributed by atoms with Gasteiger partial charge in [0.25, 0.3) is 0 Å². The summed E-state index contributed by atoms with van der Waals surface area (Å²) in [6.07, 6.45) is 0. The van der Waals surface area contributed by atoms with Crippen LogP contribution in [0.2, 0.25) is 66.5 Å². The van der Waals surface area contributed by atoms with Gasteiger partial charge in [-0.3, -0.25) is 0 Å². The average Bonchev–Trinajstić information content (AvgIpc) is 2.68. The first-order chi connectivity index (χ1) is 17.8. The Morgan fingerprint density at radius 2 is 0.350 bits per heavy atom. The van der Waals surface area contributed by atoms with E-state index in [0.717, 1.165) is 66.5 Å². The predicted octanol–water partition coefficient (Wildman–Crippen LogP) is 14.6. The van der Waals surface area contributed by atoms with Crippen molar-refractivity contribution in [2.45, 2.75) is 233 Å². The SMILES string of the molecule is CC(C)[SiH](C(C)C)C(C)C.CC(C)[SiH](C(C)C)C(C)C.CC(C)[Si](C(C)C)(C(C)C)[Si](C(C)C)(C(C)C)C(C)C.[HH]. The van der Waals surface area contributed by atoms with E-state index in [9.17, 15) is 0 Å². The molecule has 0 aliphatic heterocycles. The van der Waals surface area contributed by atoms with Crippen molar-refractivity contribution in [3.8, 4) is 0 Å². The second-order valence-corrected chi connectivity index (χ2v) is 43.6. The van der Waals surface area contributed by atoms with Crippen molar-refractivity contribution in [3.05, 3.63) is 0 Å². The molecule has 40 heavy (non-hydrogen) atoms. The van der Waals surface area contributed by atoms with Crippen molar-refractivity contribution < 1.29 is 1.43 Å². The molecule has 0 aliphatic rings. The molecule has 0 heterocycles. The van der Waals surface area contributed by atoms with Crippen LogP contribution in [-0.2, 0) is 0 Å². The Balaban J connectivity index is -0.000000275. The first-order valence-electron chi connectivity index (χ1n) is 17.8. The topological polar surface area (TPSA) is 0 Å². The minimum absolute atomic E-state index is 0. The minimum Gasteiger partial charge on any atom is -0.0654 e. The second-order valence-electron chi connectivity index (χ2n) is 17.4. The molecule has 0 aliphatic carbocycles. The molecule has 0 fully saturated rings. The lowest BCUT2D eigenvalue weighted by molar-refractivity contribution is 0.780. The highest BCUT2D eigenvalue weighted by atomic mass is 29.3. The molecule has 0 nitrogen and oxygen atoms in total. The zero-order chi connectivity index (χ0) is 33.1. The summed E-state index contributed by atoms with van der Waals surface area (Å²) in [5.41, 5.74) is 11.3. The van der Waals surface area contributed by atoms with E-state index in [-0.39, 0.29) is 1.43 Å². The van der Waals surface area contributed by atoms with E-state index in [1.54, 1.807) is 0 Å². The van der Waals surface area contributed by atoms with Crippen molar-refractivity contribution in [1.29, 1.82) is 0 Å². The summed E-state index contributed by atoms with van der Waals surface area (Å²) in [4.78, 5) is 0. The zero-order valence-corrected chi connectivity index (χ0v) is 37.4. The van der Waals surface area contributed by atoms with E-state index >= 15 is 0 Å². The van der Waals surface area contributed by atoms with Gasteiger partial charge in [0.1, 0.15) is 0 Å². The van der Waals surface area contributed by atoms with Gasteiger partial charge in [0, 0.05) is 19.0 Å². The molecular formula is C36H88Si4. The normalized spacial score (nSPS) is 13.7. The molecule has 4 heteroatoms. The van der Waals surface area contributed by atoms with Crippen LogP contribution >= 0.6 is 0 Å². The molecule has 0 saturated carbocycles. The van der Waals surface area contributed by atoms with E-state index in [0.29, 0.717) is 0 Å². The van der Waals surface area contributed by atoms with E-state index in [1.807, 2.05) is 0 Å². The lowest BCUT2D eigenvalue weighted by atomic mass is 10.5. The van der Waals surface area contributed by atoms with Crippen LogP contribution in [0.15, 0.2) is 0 Å². The van der Waals surface area contributed by atoms with E-state index < -0.39 is 32.8 Å². The molecule has 0 radical (unpaired) electrons. The summed E-state index contributed by atoms with van der Waals surface area (Å²) in [6.45, 7) is 59.3. The number of hydrogen-bond acceptors (Lipinski definition) is 0. The summed E-state index contributed by atoms with van der Waals surface area (Å²) in [5.74, 6) is 0. The predicted molar refractivity (Wildman–Crippen MR) is 209 cm³/mol. The Morgan fingerprint density at radius 1 is 0.250 bits per heavy atom. The van der Waals surface area contributed by atoms with E-state index in [2.05, 4.69) is 166 Å².